The molecule has 3 heteroatoms. The normalized spacial score (nSPS) is 28.2. The zero-order valence-electron chi connectivity index (χ0n) is 10.2. The molecule has 1 rings (SSSR count). The molecule has 0 bridgehead atoms. The van der Waals surface area contributed by atoms with Crippen LogP contribution >= 0.6 is 0 Å². The molecule has 0 aromatic rings. The average molecular weight is 215 g/mol. The number of likely N-dealkylation sites (tertiary alicyclic amines) is 1. The molecule has 0 spiro atoms. The maximum Gasteiger partial charge on any atom is 0.0497 e. The van der Waals surface area contributed by atoms with Gasteiger partial charge in [0.25, 0.3) is 0 Å². The van der Waals surface area contributed by atoms with Crippen molar-refractivity contribution in [2.75, 3.05) is 39.5 Å². The van der Waals surface area contributed by atoms with Gasteiger partial charge in [0.1, 0.15) is 0 Å². The molecule has 0 saturated carbocycles. The van der Waals surface area contributed by atoms with Crippen LogP contribution in [0.5, 0.6) is 0 Å². The summed E-state index contributed by atoms with van der Waals surface area (Å²) >= 11 is 0. The van der Waals surface area contributed by atoms with E-state index in [1.165, 1.54) is 13.0 Å². The summed E-state index contributed by atoms with van der Waals surface area (Å²) in [5.74, 6) is 0. The van der Waals surface area contributed by atoms with E-state index < -0.39 is 0 Å². The molecule has 1 unspecified atom stereocenters. The smallest absolute Gasteiger partial charge is 0.0497 e. The molecule has 0 aromatic carbocycles. The first-order chi connectivity index (χ1) is 7.20. The predicted molar refractivity (Wildman–Crippen MR) is 62.0 cm³/mol. The van der Waals surface area contributed by atoms with E-state index in [0.29, 0.717) is 6.61 Å². The van der Waals surface area contributed by atoms with E-state index >= 15 is 0 Å². The number of aliphatic hydroxyl groups excluding tert-OH is 1. The van der Waals surface area contributed by atoms with Crippen molar-refractivity contribution in [2.45, 2.75) is 33.1 Å². The molecule has 90 valence electrons. The Morgan fingerprint density at radius 3 is 2.93 bits per heavy atom. The third kappa shape index (κ3) is 4.49. The van der Waals surface area contributed by atoms with Gasteiger partial charge < -0.3 is 14.7 Å². The summed E-state index contributed by atoms with van der Waals surface area (Å²) in [5, 5.41) is 9.33. The van der Waals surface area contributed by atoms with Crippen LogP contribution in [0.2, 0.25) is 0 Å². The van der Waals surface area contributed by atoms with Gasteiger partial charge in [-0.1, -0.05) is 6.92 Å². The van der Waals surface area contributed by atoms with E-state index in [2.05, 4.69) is 11.8 Å². The highest BCUT2D eigenvalue weighted by molar-refractivity contribution is 4.82. The minimum atomic E-state index is 0.129. The predicted octanol–water partition coefficient (Wildman–Crippen LogP) is 1.51. The van der Waals surface area contributed by atoms with Crippen molar-refractivity contribution < 1.29 is 9.84 Å². The Bertz CT molecular complexity index is 175. The molecule has 1 N–H and O–H groups in total. The summed E-state index contributed by atoms with van der Waals surface area (Å²) in [6, 6.07) is 0. The first kappa shape index (κ1) is 12.9. The van der Waals surface area contributed by atoms with Crippen molar-refractivity contribution in [3.63, 3.8) is 0 Å². The molecule has 1 aliphatic heterocycles. The van der Waals surface area contributed by atoms with E-state index in [9.17, 15) is 5.11 Å². The summed E-state index contributed by atoms with van der Waals surface area (Å²) in [6.45, 7) is 9.53. The second-order valence-corrected chi connectivity index (χ2v) is 4.90. The van der Waals surface area contributed by atoms with E-state index in [4.69, 9.17) is 4.74 Å². The van der Waals surface area contributed by atoms with E-state index in [1.807, 2.05) is 6.92 Å². The Kier molecular flexibility index (Phi) is 5.58. The van der Waals surface area contributed by atoms with Gasteiger partial charge in [-0.25, -0.2) is 0 Å². The van der Waals surface area contributed by atoms with Gasteiger partial charge in [-0.05, 0) is 32.7 Å². The van der Waals surface area contributed by atoms with E-state index in [-0.39, 0.29) is 5.41 Å². The molecule has 0 amide bonds. The Morgan fingerprint density at radius 2 is 2.27 bits per heavy atom. The molecule has 1 saturated heterocycles. The van der Waals surface area contributed by atoms with E-state index in [0.717, 1.165) is 39.1 Å². The van der Waals surface area contributed by atoms with Gasteiger partial charge in [-0.2, -0.15) is 0 Å². The first-order valence-corrected chi connectivity index (χ1v) is 6.11. The van der Waals surface area contributed by atoms with Crippen LogP contribution in [0.4, 0.5) is 0 Å². The molecule has 1 heterocycles. The van der Waals surface area contributed by atoms with E-state index in [1.54, 1.807) is 0 Å². The molecular formula is C12H25NO2. The monoisotopic (exact) mass is 215 g/mol. The standard InChI is InChI=1S/C12H25NO2/c1-3-15-9-5-8-13-7-4-6-12(2,10-13)11-14/h14H,3-11H2,1-2H3. The van der Waals surface area contributed by atoms with Crippen molar-refractivity contribution in [3.05, 3.63) is 0 Å². The summed E-state index contributed by atoms with van der Waals surface area (Å²) in [6.07, 6.45) is 3.48. The number of rotatable bonds is 6. The van der Waals surface area contributed by atoms with Crippen molar-refractivity contribution >= 4 is 0 Å². The third-order valence-electron chi connectivity index (χ3n) is 3.21. The molecule has 15 heavy (non-hydrogen) atoms. The van der Waals surface area contributed by atoms with Crippen LogP contribution in [-0.4, -0.2) is 49.5 Å². The molecule has 1 aliphatic rings. The number of hydrogen-bond donors (Lipinski definition) is 1. The Balaban J connectivity index is 2.18. The summed E-state index contributed by atoms with van der Waals surface area (Å²) in [7, 11) is 0. The summed E-state index contributed by atoms with van der Waals surface area (Å²) in [5.41, 5.74) is 0.129. The molecular weight excluding hydrogens is 190 g/mol. The topological polar surface area (TPSA) is 32.7 Å². The maximum atomic E-state index is 9.33. The zero-order valence-corrected chi connectivity index (χ0v) is 10.2. The average Bonchev–Trinajstić information content (AvgIpc) is 2.25. The quantitative estimate of drug-likeness (QED) is 0.682. The van der Waals surface area contributed by atoms with Gasteiger partial charge in [-0.3, -0.25) is 0 Å². The minimum absolute atomic E-state index is 0.129. The van der Waals surface area contributed by atoms with Crippen LogP contribution in [0, 0.1) is 5.41 Å². The molecule has 1 fully saturated rings. The van der Waals surface area contributed by atoms with Gasteiger partial charge in [0.2, 0.25) is 0 Å². The van der Waals surface area contributed by atoms with Crippen LogP contribution in [0.15, 0.2) is 0 Å². The highest BCUT2D eigenvalue weighted by Gasteiger charge is 2.29. The molecule has 1 atom stereocenters. The Morgan fingerprint density at radius 1 is 1.47 bits per heavy atom. The lowest BCUT2D eigenvalue weighted by molar-refractivity contribution is 0.0407. The fraction of sp³-hybridized carbons (Fsp3) is 1.00. The molecule has 0 aliphatic carbocycles. The van der Waals surface area contributed by atoms with Crippen LogP contribution in [0.25, 0.3) is 0 Å². The van der Waals surface area contributed by atoms with Gasteiger partial charge >= 0.3 is 0 Å². The zero-order chi connectivity index (χ0) is 11.1. The van der Waals surface area contributed by atoms with Crippen molar-refractivity contribution in [1.29, 1.82) is 0 Å². The second kappa shape index (κ2) is 6.46. The highest BCUT2D eigenvalue weighted by Crippen LogP contribution is 2.28. The lowest BCUT2D eigenvalue weighted by Crippen LogP contribution is -2.44. The first-order valence-electron chi connectivity index (χ1n) is 6.11. The third-order valence-corrected chi connectivity index (χ3v) is 3.21. The Labute approximate surface area is 93.4 Å². The minimum Gasteiger partial charge on any atom is -0.396 e. The fourth-order valence-electron chi connectivity index (χ4n) is 2.28. The SMILES string of the molecule is CCOCCCN1CCCC(C)(CO)C1. The largest absolute Gasteiger partial charge is 0.396 e. The van der Waals surface area contributed by atoms with Crippen LogP contribution in [0.3, 0.4) is 0 Å². The van der Waals surface area contributed by atoms with Crippen LogP contribution in [-0.2, 0) is 4.74 Å². The van der Waals surface area contributed by atoms with Crippen LogP contribution in [0.1, 0.15) is 33.1 Å². The summed E-state index contributed by atoms with van der Waals surface area (Å²) < 4.78 is 5.33. The summed E-state index contributed by atoms with van der Waals surface area (Å²) in [4.78, 5) is 2.46. The Hall–Kier alpha value is -0.120. The second-order valence-electron chi connectivity index (χ2n) is 4.90. The van der Waals surface area contributed by atoms with Crippen molar-refractivity contribution in [1.82, 2.24) is 4.90 Å². The van der Waals surface area contributed by atoms with Crippen molar-refractivity contribution in [3.8, 4) is 0 Å². The number of hydrogen-bond acceptors (Lipinski definition) is 3. The van der Waals surface area contributed by atoms with Gasteiger partial charge in [0.15, 0.2) is 0 Å². The number of piperidine rings is 1. The number of ether oxygens (including phenoxy) is 1. The lowest BCUT2D eigenvalue weighted by atomic mass is 9.83. The lowest BCUT2D eigenvalue weighted by Gasteiger charge is -2.39. The highest BCUT2D eigenvalue weighted by atomic mass is 16.5. The van der Waals surface area contributed by atoms with Gasteiger partial charge in [-0.15, -0.1) is 0 Å². The fourth-order valence-corrected chi connectivity index (χ4v) is 2.28. The number of nitrogens with zero attached hydrogens (tertiary/aromatic N) is 1. The molecule has 0 radical (unpaired) electrons. The maximum absolute atomic E-state index is 9.33. The molecule has 3 nitrogen and oxygen atoms in total. The van der Waals surface area contributed by atoms with Crippen molar-refractivity contribution in [2.24, 2.45) is 5.41 Å². The number of aliphatic hydroxyl groups is 1. The van der Waals surface area contributed by atoms with Crippen LogP contribution < -0.4 is 0 Å². The van der Waals surface area contributed by atoms with Gasteiger partial charge in [0.05, 0.1) is 0 Å². The molecule has 0 aromatic heterocycles. The van der Waals surface area contributed by atoms with Gasteiger partial charge in [0, 0.05) is 38.3 Å².